The molecule has 88 valence electrons. The first kappa shape index (κ1) is 12.0. The molecular weight excluding hydrogens is 263 g/mol. The molecule has 1 aromatic carbocycles. The fourth-order valence-corrected chi connectivity index (χ4v) is 1.80. The van der Waals surface area contributed by atoms with E-state index in [1.807, 2.05) is 0 Å². The van der Waals surface area contributed by atoms with Crippen molar-refractivity contribution in [2.24, 2.45) is 0 Å². The Balaban J connectivity index is 2.33. The third-order valence-corrected chi connectivity index (χ3v) is 2.74. The van der Waals surface area contributed by atoms with Crippen LogP contribution in [0.15, 0.2) is 30.6 Å². The van der Waals surface area contributed by atoms with Crippen molar-refractivity contribution in [3.63, 3.8) is 0 Å². The quantitative estimate of drug-likeness (QED) is 0.933. The molecule has 2 rings (SSSR count). The predicted molar refractivity (Wildman–Crippen MR) is 64.9 cm³/mol. The Hall–Kier alpha value is -1.52. The zero-order valence-corrected chi connectivity index (χ0v) is 10.1. The van der Waals surface area contributed by atoms with Crippen molar-refractivity contribution >= 4 is 29.2 Å². The molecule has 0 unspecified atom stereocenters. The van der Waals surface area contributed by atoms with Crippen LogP contribution in [0.3, 0.4) is 0 Å². The van der Waals surface area contributed by atoms with Gasteiger partial charge in [0.2, 0.25) is 0 Å². The number of nitrogens with zero attached hydrogens (tertiary/aromatic N) is 2. The number of aromatic nitrogens is 2. The molecule has 0 fully saturated rings. The normalized spacial score (nSPS) is 10.5. The summed E-state index contributed by atoms with van der Waals surface area (Å²) in [5.74, 6) is -0.915. The van der Waals surface area contributed by atoms with E-state index < -0.39 is 5.97 Å². The van der Waals surface area contributed by atoms with Crippen molar-refractivity contribution in [1.82, 2.24) is 9.78 Å². The summed E-state index contributed by atoms with van der Waals surface area (Å²) in [6, 6.07) is 5.07. The summed E-state index contributed by atoms with van der Waals surface area (Å²) < 4.78 is 1.57. The van der Waals surface area contributed by atoms with Crippen molar-refractivity contribution in [2.75, 3.05) is 0 Å². The lowest BCUT2D eigenvalue weighted by Gasteiger charge is -2.05. The first-order valence-electron chi connectivity index (χ1n) is 4.77. The van der Waals surface area contributed by atoms with Crippen LogP contribution in [0.25, 0.3) is 5.69 Å². The third kappa shape index (κ3) is 2.78. The fourth-order valence-electron chi connectivity index (χ4n) is 1.43. The van der Waals surface area contributed by atoms with Crippen LogP contribution in [0.5, 0.6) is 0 Å². The minimum absolute atomic E-state index is 0.0982. The minimum Gasteiger partial charge on any atom is -0.481 e. The van der Waals surface area contributed by atoms with E-state index >= 15 is 0 Å². The van der Waals surface area contributed by atoms with Crippen molar-refractivity contribution in [3.05, 3.63) is 46.2 Å². The Kier molecular flexibility index (Phi) is 3.36. The Labute approximate surface area is 107 Å². The van der Waals surface area contributed by atoms with Gasteiger partial charge in [0, 0.05) is 11.2 Å². The first-order chi connectivity index (χ1) is 8.06. The number of rotatable bonds is 3. The van der Waals surface area contributed by atoms with Crippen LogP contribution in [0.1, 0.15) is 5.56 Å². The van der Waals surface area contributed by atoms with Crippen molar-refractivity contribution in [1.29, 1.82) is 0 Å². The largest absolute Gasteiger partial charge is 0.481 e. The van der Waals surface area contributed by atoms with E-state index in [4.69, 9.17) is 28.3 Å². The molecule has 17 heavy (non-hydrogen) atoms. The lowest BCUT2D eigenvalue weighted by molar-refractivity contribution is -0.136. The number of halogens is 2. The van der Waals surface area contributed by atoms with Crippen LogP contribution < -0.4 is 0 Å². The zero-order valence-electron chi connectivity index (χ0n) is 8.60. The van der Waals surface area contributed by atoms with E-state index in [1.165, 1.54) is 6.20 Å². The van der Waals surface area contributed by atoms with Crippen LogP contribution in [-0.2, 0) is 11.2 Å². The van der Waals surface area contributed by atoms with Gasteiger partial charge in [0.25, 0.3) is 0 Å². The number of carbonyl (C=O) groups is 1. The summed E-state index contributed by atoms with van der Waals surface area (Å²) in [5, 5.41) is 13.6. The number of carboxylic acids is 1. The molecule has 0 saturated carbocycles. The van der Waals surface area contributed by atoms with Crippen LogP contribution >= 0.6 is 23.2 Å². The molecule has 0 aliphatic rings. The second-order valence-electron chi connectivity index (χ2n) is 3.45. The Morgan fingerprint density at radius 3 is 2.71 bits per heavy atom. The summed E-state index contributed by atoms with van der Waals surface area (Å²) in [7, 11) is 0. The summed E-state index contributed by atoms with van der Waals surface area (Å²) in [4.78, 5) is 10.6. The second-order valence-corrected chi connectivity index (χ2v) is 4.29. The molecule has 1 heterocycles. The van der Waals surface area contributed by atoms with E-state index in [1.54, 1.807) is 29.1 Å². The number of benzene rings is 1. The predicted octanol–water partition coefficient (Wildman–Crippen LogP) is 2.81. The molecule has 0 amide bonds. The van der Waals surface area contributed by atoms with Crippen LogP contribution in [0.4, 0.5) is 0 Å². The van der Waals surface area contributed by atoms with E-state index in [9.17, 15) is 4.79 Å². The molecule has 0 saturated heterocycles. The molecule has 0 aliphatic heterocycles. The van der Waals surface area contributed by atoms with E-state index in [2.05, 4.69) is 5.10 Å². The molecule has 2 aromatic rings. The van der Waals surface area contributed by atoms with Crippen molar-refractivity contribution < 1.29 is 9.90 Å². The van der Waals surface area contributed by atoms with Gasteiger partial charge in [0.15, 0.2) is 0 Å². The SMILES string of the molecule is O=C(O)Cc1ccc(-n2cc(Cl)cn2)cc1Cl. The monoisotopic (exact) mass is 270 g/mol. The second kappa shape index (κ2) is 4.77. The molecule has 0 aliphatic carbocycles. The smallest absolute Gasteiger partial charge is 0.307 e. The molecule has 0 radical (unpaired) electrons. The Morgan fingerprint density at radius 2 is 2.18 bits per heavy atom. The van der Waals surface area contributed by atoms with E-state index in [0.717, 1.165) is 5.69 Å². The molecule has 1 N–H and O–H groups in total. The van der Waals surface area contributed by atoms with Gasteiger partial charge in [-0.3, -0.25) is 4.79 Å². The average Bonchev–Trinajstić information content (AvgIpc) is 2.67. The fraction of sp³-hybridized carbons (Fsp3) is 0.0909. The van der Waals surface area contributed by atoms with Gasteiger partial charge in [-0.2, -0.15) is 5.10 Å². The van der Waals surface area contributed by atoms with Gasteiger partial charge < -0.3 is 5.11 Å². The van der Waals surface area contributed by atoms with Gasteiger partial charge in [-0.05, 0) is 17.7 Å². The molecule has 6 heteroatoms. The Morgan fingerprint density at radius 1 is 1.41 bits per heavy atom. The maximum atomic E-state index is 10.6. The van der Waals surface area contributed by atoms with Crippen molar-refractivity contribution in [2.45, 2.75) is 6.42 Å². The molecule has 0 spiro atoms. The highest BCUT2D eigenvalue weighted by Gasteiger charge is 2.07. The summed E-state index contributed by atoms with van der Waals surface area (Å²) in [6.07, 6.45) is 3.06. The van der Waals surface area contributed by atoms with Gasteiger partial charge in [-0.25, -0.2) is 4.68 Å². The maximum absolute atomic E-state index is 10.6. The summed E-state index contributed by atoms with van der Waals surface area (Å²) >= 11 is 11.7. The minimum atomic E-state index is -0.915. The standard InChI is InChI=1S/C11H8Cl2N2O2/c12-8-5-14-15(6-8)9-2-1-7(3-11(16)17)10(13)4-9/h1-2,4-6H,3H2,(H,16,17). The highest BCUT2D eigenvalue weighted by molar-refractivity contribution is 6.31. The molecule has 0 bridgehead atoms. The lowest BCUT2D eigenvalue weighted by atomic mass is 10.1. The maximum Gasteiger partial charge on any atom is 0.307 e. The topological polar surface area (TPSA) is 55.1 Å². The lowest BCUT2D eigenvalue weighted by Crippen LogP contribution is -2.02. The Bertz CT molecular complexity index is 566. The number of hydrogen-bond acceptors (Lipinski definition) is 2. The van der Waals surface area contributed by atoms with E-state index in [0.29, 0.717) is 15.6 Å². The first-order valence-corrected chi connectivity index (χ1v) is 5.52. The summed E-state index contributed by atoms with van der Waals surface area (Å²) in [5.41, 5.74) is 1.30. The van der Waals surface area contributed by atoms with Gasteiger partial charge in [0.1, 0.15) is 0 Å². The average molecular weight is 271 g/mol. The van der Waals surface area contributed by atoms with Crippen molar-refractivity contribution in [3.8, 4) is 5.69 Å². The highest BCUT2D eigenvalue weighted by atomic mass is 35.5. The number of aliphatic carboxylic acids is 1. The third-order valence-electron chi connectivity index (χ3n) is 2.19. The van der Waals surface area contributed by atoms with Crippen LogP contribution in [0, 0.1) is 0 Å². The van der Waals surface area contributed by atoms with Gasteiger partial charge in [-0.15, -0.1) is 0 Å². The molecular formula is C11H8Cl2N2O2. The zero-order chi connectivity index (χ0) is 12.4. The number of hydrogen-bond donors (Lipinski definition) is 1. The van der Waals surface area contributed by atoms with Gasteiger partial charge in [0.05, 0.1) is 23.3 Å². The van der Waals surface area contributed by atoms with Crippen LogP contribution in [0.2, 0.25) is 10.0 Å². The molecule has 4 nitrogen and oxygen atoms in total. The van der Waals surface area contributed by atoms with Gasteiger partial charge in [-0.1, -0.05) is 29.3 Å². The van der Waals surface area contributed by atoms with E-state index in [-0.39, 0.29) is 6.42 Å². The molecule has 0 atom stereocenters. The van der Waals surface area contributed by atoms with Gasteiger partial charge >= 0.3 is 5.97 Å². The number of carboxylic acid groups (broad SMARTS) is 1. The summed E-state index contributed by atoms with van der Waals surface area (Å²) in [6.45, 7) is 0. The molecule has 1 aromatic heterocycles. The highest BCUT2D eigenvalue weighted by Crippen LogP contribution is 2.21. The van der Waals surface area contributed by atoms with Crippen LogP contribution in [-0.4, -0.2) is 20.9 Å².